The van der Waals surface area contributed by atoms with Crippen molar-refractivity contribution in [3.05, 3.63) is 28.6 Å². The van der Waals surface area contributed by atoms with Gasteiger partial charge in [0.15, 0.2) is 5.54 Å². The van der Waals surface area contributed by atoms with Crippen LogP contribution in [0.15, 0.2) is 12.2 Å². The predicted octanol–water partition coefficient (Wildman–Crippen LogP) is 3.60. The van der Waals surface area contributed by atoms with Crippen molar-refractivity contribution in [2.75, 3.05) is 6.61 Å². The van der Waals surface area contributed by atoms with Gasteiger partial charge in [-0.3, -0.25) is 4.68 Å². The highest BCUT2D eigenvalue weighted by molar-refractivity contribution is 6.31. The van der Waals surface area contributed by atoms with Crippen LogP contribution in [0, 0.1) is 13.8 Å². The van der Waals surface area contributed by atoms with E-state index in [2.05, 4.69) is 5.10 Å². The number of hydrogen-bond acceptors (Lipinski definition) is 3. The molecule has 0 radical (unpaired) electrons. The molecule has 1 rings (SSSR count). The van der Waals surface area contributed by atoms with Crippen molar-refractivity contribution in [2.45, 2.75) is 39.7 Å². The van der Waals surface area contributed by atoms with Gasteiger partial charge in [-0.15, -0.1) is 0 Å². The molecule has 0 unspecified atom stereocenters. The Hall–Kier alpha value is -1.43. The Balaban J connectivity index is 2.79. The van der Waals surface area contributed by atoms with Crippen LogP contribution in [0.2, 0.25) is 5.02 Å². The first-order chi connectivity index (χ1) is 9.17. The smallest absolute Gasteiger partial charge is 0.333 e. The highest BCUT2D eigenvalue weighted by Gasteiger charge is 2.34. The number of hydrogen-bond donors (Lipinski definition) is 0. The summed E-state index contributed by atoms with van der Waals surface area (Å²) in [4.78, 5) is 12.0. The molecular weight excluding hydrogens is 290 g/mol. The minimum absolute atomic E-state index is 0.0258. The molecule has 20 heavy (non-hydrogen) atoms. The van der Waals surface area contributed by atoms with Gasteiger partial charge in [0.2, 0.25) is 0 Å². The molecule has 0 aliphatic carbocycles. The quantitative estimate of drug-likeness (QED) is 0.616. The lowest BCUT2D eigenvalue weighted by Gasteiger charge is -2.24. The average Bonchev–Trinajstić information content (AvgIpc) is 2.62. The number of nitrogens with zero attached hydrogens (tertiary/aromatic N) is 2. The molecule has 0 saturated carbocycles. The van der Waals surface area contributed by atoms with Crippen LogP contribution < -0.4 is 0 Å². The fraction of sp³-hybridized carbons (Fsp3) is 0.538. The lowest BCUT2D eigenvalue weighted by molar-refractivity contribution is -0.153. The second-order valence-corrected chi connectivity index (χ2v) is 5.25. The number of aromatic nitrogens is 2. The average molecular weight is 307 g/mol. The van der Waals surface area contributed by atoms with Crippen LogP contribution in [0.1, 0.15) is 31.7 Å². The van der Waals surface area contributed by atoms with Gasteiger partial charge < -0.3 is 4.74 Å². The molecular formula is C13H17ClF2N2O2. The number of rotatable bonds is 5. The molecule has 0 fully saturated rings. The van der Waals surface area contributed by atoms with Gasteiger partial charge in [-0.05, 0) is 33.8 Å². The molecule has 0 aromatic carbocycles. The lowest BCUT2D eigenvalue weighted by atomic mass is 10.1. The number of esters is 1. The van der Waals surface area contributed by atoms with Crippen LogP contribution >= 0.6 is 11.6 Å². The summed E-state index contributed by atoms with van der Waals surface area (Å²) in [7, 11) is 0. The maximum absolute atomic E-state index is 12.0. The zero-order valence-corrected chi connectivity index (χ0v) is 12.6. The van der Waals surface area contributed by atoms with Crippen molar-refractivity contribution in [1.82, 2.24) is 9.78 Å². The van der Waals surface area contributed by atoms with E-state index in [-0.39, 0.29) is 13.0 Å². The largest absolute Gasteiger partial charge is 0.464 e. The molecule has 4 nitrogen and oxygen atoms in total. The third kappa shape index (κ3) is 3.56. The third-order valence-corrected chi connectivity index (χ3v) is 3.43. The molecule has 0 amide bonds. The van der Waals surface area contributed by atoms with Crippen LogP contribution in [0.5, 0.6) is 0 Å². The highest BCUT2D eigenvalue weighted by atomic mass is 35.5. The summed E-state index contributed by atoms with van der Waals surface area (Å²) in [5.74, 6) is -0.549. The van der Waals surface area contributed by atoms with Gasteiger partial charge >= 0.3 is 5.97 Å². The number of carbonyl (C=O) groups is 1. The molecule has 1 heterocycles. The van der Waals surface area contributed by atoms with Crippen molar-refractivity contribution in [2.24, 2.45) is 0 Å². The Labute approximate surface area is 121 Å². The van der Waals surface area contributed by atoms with Crippen molar-refractivity contribution in [3.8, 4) is 0 Å². The van der Waals surface area contributed by atoms with Crippen molar-refractivity contribution >= 4 is 17.6 Å². The summed E-state index contributed by atoms with van der Waals surface area (Å²) in [6, 6.07) is 0. The molecule has 7 heteroatoms. The second kappa shape index (κ2) is 6.35. The molecule has 1 aromatic heterocycles. The van der Waals surface area contributed by atoms with Gasteiger partial charge in [0.25, 0.3) is 6.08 Å². The molecule has 0 saturated heterocycles. The first kappa shape index (κ1) is 16.6. The van der Waals surface area contributed by atoms with Gasteiger partial charge in [0.05, 0.1) is 23.0 Å². The van der Waals surface area contributed by atoms with Crippen LogP contribution in [0.3, 0.4) is 0 Å². The SMILES string of the molecule is Cc1nn(C(C)(C)C(=O)OCCC=C(F)F)c(C)c1Cl. The van der Waals surface area contributed by atoms with E-state index in [0.29, 0.717) is 22.5 Å². The molecule has 1 aromatic rings. The van der Waals surface area contributed by atoms with Gasteiger partial charge in [0, 0.05) is 6.42 Å². The molecule has 0 aliphatic rings. The van der Waals surface area contributed by atoms with E-state index in [9.17, 15) is 13.6 Å². The first-order valence-corrected chi connectivity index (χ1v) is 6.46. The van der Waals surface area contributed by atoms with Crippen LogP contribution in [-0.4, -0.2) is 22.4 Å². The fourth-order valence-electron chi connectivity index (χ4n) is 1.75. The minimum atomic E-state index is -1.79. The molecule has 0 spiro atoms. The second-order valence-electron chi connectivity index (χ2n) is 4.87. The van der Waals surface area contributed by atoms with E-state index in [1.54, 1.807) is 27.7 Å². The molecule has 0 aliphatic heterocycles. The number of aryl methyl sites for hydroxylation is 1. The molecule has 112 valence electrons. The Morgan fingerprint density at radius 1 is 1.45 bits per heavy atom. The van der Waals surface area contributed by atoms with Crippen LogP contribution in [0.25, 0.3) is 0 Å². The maximum Gasteiger partial charge on any atom is 0.333 e. The minimum Gasteiger partial charge on any atom is -0.464 e. The summed E-state index contributed by atoms with van der Waals surface area (Å²) >= 11 is 6.04. The van der Waals surface area contributed by atoms with E-state index >= 15 is 0 Å². The van der Waals surface area contributed by atoms with Crippen LogP contribution in [0.4, 0.5) is 8.78 Å². The summed E-state index contributed by atoms with van der Waals surface area (Å²) in [5, 5.41) is 4.70. The van der Waals surface area contributed by atoms with E-state index in [1.165, 1.54) is 4.68 Å². The molecule has 0 atom stereocenters. The van der Waals surface area contributed by atoms with Gasteiger partial charge in [-0.1, -0.05) is 11.6 Å². The number of carbonyl (C=O) groups excluding carboxylic acids is 1. The van der Waals surface area contributed by atoms with Gasteiger partial charge in [-0.25, -0.2) is 4.79 Å². The highest BCUT2D eigenvalue weighted by Crippen LogP contribution is 2.26. The van der Waals surface area contributed by atoms with E-state index in [0.717, 1.165) is 0 Å². The Morgan fingerprint density at radius 2 is 2.05 bits per heavy atom. The lowest BCUT2D eigenvalue weighted by Crippen LogP contribution is -2.39. The van der Waals surface area contributed by atoms with E-state index in [1.807, 2.05) is 0 Å². The number of halogens is 3. The normalized spacial score (nSPS) is 11.3. The van der Waals surface area contributed by atoms with E-state index < -0.39 is 17.6 Å². The Morgan fingerprint density at radius 3 is 2.50 bits per heavy atom. The Bertz CT molecular complexity index is 535. The van der Waals surface area contributed by atoms with Crippen molar-refractivity contribution in [1.29, 1.82) is 0 Å². The topological polar surface area (TPSA) is 44.1 Å². The summed E-state index contributed by atoms with van der Waals surface area (Å²) in [5.41, 5.74) is 0.216. The van der Waals surface area contributed by atoms with Crippen molar-refractivity contribution < 1.29 is 18.3 Å². The van der Waals surface area contributed by atoms with Crippen LogP contribution in [-0.2, 0) is 15.1 Å². The third-order valence-electron chi connectivity index (χ3n) is 2.88. The Kier molecular flexibility index (Phi) is 5.28. The van der Waals surface area contributed by atoms with Gasteiger partial charge in [-0.2, -0.15) is 13.9 Å². The summed E-state index contributed by atoms with van der Waals surface area (Å²) < 4.78 is 30.2. The first-order valence-electron chi connectivity index (χ1n) is 6.08. The standard InChI is InChI=1S/C13H17ClF2N2O2/c1-8-11(14)9(2)18(17-8)13(3,4)12(19)20-7-5-6-10(15)16/h6H,5,7H2,1-4H3. The molecule has 0 N–H and O–H groups in total. The summed E-state index contributed by atoms with van der Waals surface area (Å²) in [6.45, 7) is 6.65. The zero-order valence-electron chi connectivity index (χ0n) is 11.8. The molecule has 0 bridgehead atoms. The van der Waals surface area contributed by atoms with E-state index in [4.69, 9.17) is 16.3 Å². The predicted molar refractivity (Wildman–Crippen MR) is 71.9 cm³/mol. The summed E-state index contributed by atoms with van der Waals surface area (Å²) in [6.07, 6.45) is -1.10. The van der Waals surface area contributed by atoms with Crippen molar-refractivity contribution in [3.63, 3.8) is 0 Å². The van der Waals surface area contributed by atoms with Gasteiger partial charge in [0.1, 0.15) is 0 Å². The fourth-order valence-corrected chi connectivity index (χ4v) is 1.87. The number of ether oxygens (including phenoxy) is 1. The zero-order chi connectivity index (χ0) is 15.5. The maximum atomic E-state index is 12.0. The monoisotopic (exact) mass is 306 g/mol.